The quantitative estimate of drug-likeness (QED) is 0.808. The fourth-order valence-electron chi connectivity index (χ4n) is 2.41. The third kappa shape index (κ3) is 4.19. The molecule has 19 heavy (non-hydrogen) atoms. The summed E-state index contributed by atoms with van der Waals surface area (Å²) in [6.07, 6.45) is 2.30. The van der Waals surface area contributed by atoms with Crippen molar-refractivity contribution in [2.45, 2.75) is 39.7 Å². The molecule has 0 radical (unpaired) electrons. The van der Waals surface area contributed by atoms with E-state index in [0.717, 1.165) is 19.4 Å². The minimum atomic E-state index is 0.490. The largest absolute Gasteiger partial charge is 0.310 e. The lowest BCUT2D eigenvalue weighted by Crippen LogP contribution is -2.20. The second-order valence-corrected chi connectivity index (χ2v) is 6.41. The maximum absolute atomic E-state index is 3.61. The average molecular weight is 273 g/mol. The van der Waals surface area contributed by atoms with Gasteiger partial charge in [-0.05, 0) is 50.9 Å². The van der Waals surface area contributed by atoms with E-state index in [4.69, 9.17) is 0 Å². The van der Waals surface area contributed by atoms with Crippen LogP contribution in [0.1, 0.15) is 40.3 Å². The molecule has 0 aliphatic carbocycles. The van der Waals surface area contributed by atoms with Gasteiger partial charge in [-0.15, -0.1) is 11.3 Å². The Labute approximate surface area is 120 Å². The van der Waals surface area contributed by atoms with Crippen LogP contribution >= 0.6 is 11.3 Å². The van der Waals surface area contributed by atoms with Gasteiger partial charge in [-0.2, -0.15) is 0 Å². The first-order valence-electron chi connectivity index (χ1n) is 7.04. The number of hydrogen-bond donors (Lipinski definition) is 1. The van der Waals surface area contributed by atoms with Gasteiger partial charge < -0.3 is 5.32 Å². The van der Waals surface area contributed by atoms with Crippen LogP contribution in [0.5, 0.6) is 0 Å². The predicted molar refractivity (Wildman–Crippen MR) is 85.0 cm³/mol. The van der Waals surface area contributed by atoms with E-state index in [-0.39, 0.29) is 0 Å². The summed E-state index contributed by atoms with van der Waals surface area (Å²) in [6.45, 7) is 7.54. The number of hydrogen-bond acceptors (Lipinski definition) is 2. The lowest BCUT2D eigenvalue weighted by Gasteiger charge is -2.16. The molecule has 2 heteroatoms. The van der Waals surface area contributed by atoms with Gasteiger partial charge >= 0.3 is 0 Å². The van der Waals surface area contributed by atoms with Gasteiger partial charge in [-0.25, -0.2) is 0 Å². The van der Waals surface area contributed by atoms with Gasteiger partial charge in [0.15, 0.2) is 0 Å². The molecule has 0 saturated heterocycles. The van der Waals surface area contributed by atoms with Crippen molar-refractivity contribution in [3.05, 3.63) is 57.3 Å². The van der Waals surface area contributed by atoms with E-state index in [2.05, 4.69) is 62.5 Å². The van der Waals surface area contributed by atoms with Crippen LogP contribution in [0.25, 0.3) is 0 Å². The Kier molecular flexibility index (Phi) is 5.17. The summed E-state index contributed by atoms with van der Waals surface area (Å²) in [6, 6.07) is 13.8. The van der Waals surface area contributed by atoms with Crippen LogP contribution in [0, 0.1) is 13.8 Å². The normalized spacial score (nSPS) is 12.6. The van der Waals surface area contributed by atoms with Crippen LogP contribution in [0.15, 0.2) is 36.4 Å². The molecule has 1 nitrogen and oxygen atoms in total. The fraction of sp³-hybridized carbons (Fsp3) is 0.412. The molecule has 1 aromatic carbocycles. The second-order valence-electron chi connectivity index (χ2n) is 5.09. The van der Waals surface area contributed by atoms with Crippen LogP contribution in [-0.2, 0) is 6.42 Å². The molecule has 0 amide bonds. The van der Waals surface area contributed by atoms with Crippen molar-refractivity contribution in [1.82, 2.24) is 5.32 Å². The van der Waals surface area contributed by atoms with Gasteiger partial charge in [-0.1, -0.05) is 36.8 Å². The van der Waals surface area contributed by atoms with E-state index < -0.39 is 0 Å². The van der Waals surface area contributed by atoms with Crippen LogP contribution in [0.2, 0.25) is 0 Å². The molecule has 1 aromatic heterocycles. The van der Waals surface area contributed by atoms with E-state index in [9.17, 15) is 0 Å². The highest BCUT2D eigenvalue weighted by molar-refractivity contribution is 7.12. The highest BCUT2D eigenvalue weighted by Gasteiger charge is 2.12. The SMILES string of the molecule is CCNC(CCc1cccc(C)c1)c1ccc(C)s1. The summed E-state index contributed by atoms with van der Waals surface area (Å²) < 4.78 is 0. The van der Waals surface area contributed by atoms with Crippen molar-refractivity contribution in [3.63, 3.8) is 0 Å². The van der Waals surface area contributed by atoms with Gasteiger partial charge in [-0.3, -0.25) is 0 Å². The maximum Gasteiger partial charge on any atom is 0.0417 e. The van der Waals surface area contributed by atoms with E-state index in [1.54, 1.807) is 0 Å². The number of rotatable bonds is 6. The van der Waals surface area contributed by atoms with Gasteiger partial charge in [0.1, 0.15) is 0 Å². The van der Waals surface area contributed by atoms with Crippen LogP contribution in [0.3, 0.4) is 0 Å². The lowest BCUT2D eigenvalue weighted by molar-refractivity contribution is 0.523. The summed E-state index contributed by atoms with van der Waals surface area (Å²) in [5.41, 5.74) is 2.79. The minimum Gasteiger partial charge on any atom is -0.310 e. The van der Waals surface area contributed by atoms with E-state index in [1.165, 1.54) is 20.9 Å². The lowest BCUT2D eigenvalue weighted by atomic mass is 10.0. The number of nitrogens with one attached hydrogen (secondary N) is 1. The Hall–Kier alpha value is -1.12. The Morgan fingerprint density at radius 1 is 1.16 bits per heavy atom. The van der Waals surface area contributed by atoms with Crippen molar-refractivity contribution in [3.8, 4) is 0 Å². The van der Waals surface area contributed by atoms with E-state index in [1.807, 2.05) is 11.3 Å². The summed E-state index contributed by atoms with van der Waals surface area (Å²) in [4.78, 5) is 2.86. The summed E-state index contributed by atoms with van der Waals surface area (Å²) in [5, 5.41) is 3.61. The number of benzene rings is 1. The van der Waals surface area contributed by atoms with Crippen molar-refractivity contribution in [2.24, 2.45) is 0 Å². The molecule has 0 saturated carbocycles. The third-order valence-corrected chi connectivity index (χ3v) is 4.47. The predicted octanol–water partition coefficient (Wildman–Crippen LogP) is 4.65. The number of aryl methyl sites for hydroxylation is 3. The molecule has 102 valence electrons. The molecule has 0 aliphatic rings. The van der Waals surface area contributed by atoms with Crippen LogP contribution in [-0.4, -0.2) is 6.54 Å². The molecule has 0 bridgehead atoms. The molecule has 0 fully saturated rings. The highest BCUT2D eigenvalue weighted by Crippen LogP contribution is 2.26. The zero-order valence-corrected chi connectivity index (χ0v) is 12.9. The molecule has 0 aliphatic heterocycles. The Balaban J connectivity index is 2.01. The van der Waals surface area contributed by atoms with Crippen molar-refractivity contribution >= 4 is 11.3 Å². The van der Waals surface area contributed by atoms with E-state index in [0.29, 0.717) is 6.04 Å². The van der Waals surface area contributed by atoms with Gasteiger partial charge in [0, 0.05) is 15.8 Å². The molecule has 2 aromatic rings. The third-order valence-electron chi connectivity index (χ3n) is 3.36. The standard InChI is InChI=1S/C17H23NS/c1-4-18-16(17-11-8-14(3)19-17)10-9-15-7-5-6-13(2)12-15/h5-8,11-12,16,18H,4,9-10H2,1-3H3. The van der Waals surface area contributed by atoms with Crippen LogP contribution in [0.4, 0.5) is 0 Å². The maximum atomic E-state index is 3.61. The first-order valence-corrected chi connectivity index (χ1v) is 7.86. The Morgan fingerprint density at radius 2 is 2.00 bits per heavy atom. The molecule has 1 atom stereocenters. The smallest absolute Gasteiger partial charge is 0.0417 e. The first kappa shape index (κ1) is 14.3. The molecule has 1 N–H and O–H groups in total. The average Bonchev–Trinajstić information content (AvgIpc) is 2.81. The molecule has 0 spiro atoms. The second kappa shape index (κ2) is 6.88. The number of thiophene rings is 1. The highest BCUT2D eigenvalue weighted by atomic mass is 32.1. The molecule has 1 heterocycles. The molecule has 1 unspecified atom stereocenters. The summed E-state index contributed by atoms with van der Waals surface area (Å²) in [5.74, 6) is 0. The molecule has 2 rings (SSSR count). The first-order chi connectivity index (χ1) is 9.19. The van der Waals surface area contributed by atoms with Crippen molar-refractivity contribution < 1.29 is 0 Å². The summed E-state index contributed by atoms with van der Waals surface area (Å²) in [7, 11) is 0. The van der Waals surface area contributed by atoms with Crippen molar-refractivity contribution in [1.29, 1.82) is 0 Å². The summed E-state index contributed by atoms with van der Waals surface area (Å²) >= 11 is 1.91. The van der Waals surface area contributed by atoms with Gasteiger partial charge in [0.05, 0.1) is 0 Å². The molecular weight excluding hydrogens is 250 g/mol. The monoisotopic (exact) mass is 273 g/mol. The van der Waals surface area contributed by atoms with E-state index >= 15 is 0 Å². The van der Waals surface area contributed by atoms with Crippen LogP contribution < -0.4 is 5.32 Å². The Bertz CT molecular complexity index is 515. The van der Waals surface area contributed by atoms with Gasteiger partial charge in [0.2, 0.25) is 0 Å². The molecular formula is C17H23NS. The topological polar surface area (TPSA) is 12.0 Å². The minimum absolute atomic E-state index is 0.490. The Morgan fingerprint density at radius 3 is 2.63 bits per heavy atom. The van der Waals surface area contributed by atoms with Gasteiger partial charge in [0.25, 0.3) is 0 Å². The zero-order valence-electron chi connectivity index (χ0n) is 12.1. The van der Waals surface area contributed by atoms with Crippen molar-refractivity contribution in [2.75, 3.05) is 6.54 Å². The fourth-order valence-corrected chi connectivity index (χ4v) is 3.40. The zero-order chi connectivity index (χ0) is 13.7.